The van der Waals surface area contributed by atoms with Crippen LogP contribution in [0.1, 0.15) is 43.7 Å². The minimum atomic E-state index is -4.14. The van der Waals surface area contributed by atoms with Gasteiger partial charge in [0.25, 0.3) is 10.0 Å². The van der Waals surface area contributed by atoms with Crippen molar-refractivity contribution >= 4 is 27.5 Å². The van der Waals surface area contributed by atoms with Crippen molar-refractivity contribution in [2.24, 2.45) is 0 Å². The monoisotopic (exact) mass is 551 g/mol. The summed E-state index contributed by atoms with van der Waals surface area (Å²) in [6.45, 7) is 2.62. The van der Waals surface area contributed by atoms with Crippen molar-refractivity contribution in [3.63, 3.8) is 0 Å². The molecule has 0 spiro atoms. The lowest BCUT2D eigenvalue weighted by Gasteiger charge is -2.33. The second-order valence-corrected chi connectivity index (χ2v) is 11.8. The van der Waals surface area contributed by atoms with Gasteiger partial charge in [0.15, 0.2) is 0 Å². The maximum Gasteiger partial charge on any atom is 0.264 e. The van der Waals surface area contributed by atoms with E-state index >= 15 is 0 Å². The van der Waals surface area contributed by atoms with Gasteiger partial charge in [0.1, 0.15) is 18.4 Å². The number of hydrogen-bond acceptors (Lipinski definition) is 4. The van der Waals surface area contributed by atoms with E-state index < -0.39 is 34.3 Å². The van der Waals surface area contributed by atoms with Gasteiger partial charge in [0, 0.05) is 18.2 Å². The van der Waals surface area contributed by atoms with Crippen LogP contribution < -0.4 is 9.62 Å². The van der Waals surface area contributed by atoms with Crippen molar-refractivity contribution in [3.8, 4) is 0 Å². The second-order valence-electron chi connectivity index (χ2n) is 9.89. The van der Waals surface area contributed by atoms with Crippen LogP contribution in [0.5, 0.6) is 0 Å². The molecule has 1 aliphatic carbocycles. The number of amides is 2. The fourth-order valence-corrected chi connectivity index (χ4v) is 6.36. The average molecular weight is 552 g/mol. The summed E-state index contributed by atoms with van der Waals surface area (Å²) in [6.07, 6.45) is 3.80. The van der Waals surface area contributed by atoms with Crippen molar-refractivity contribution in [2.75, 3.05) is 10.8 Å². The smallest absolute Gasteiger partial charge is 0.264 e. The molecule has 4 rings (SSSR count). The van der Waals surface area contributed by atoms with Crippen molar-refractivity contribution in [1.29, 1.82) is 0 Å². The van der Waals surface area contributed by atoms with Crippen LogP contribution in [0.2, 0.25) is 0 Å². The Balaban J connectivity index is 1.69. The summed E-state index contributed by atoms with van der Waals surface area (Å²) in [5.41, 5.74) is 1.25. The summed E-state index contributed by atoms with van der Waals surface area (Å²) in [4.78, 5) is 28.4. The van der Waals surface area contributed by atoms with E-state index in [1.807, 2.05) is 0 Å². The number of rotatable bonds is 10. The average Bonchev–Trinajstić information content (AvgIpc) is 3.45. The second kappa shape index (κ2) is 12.4. The molecular weight excluding hydrogens is 517 g/mol. The molecule has 2 amide bonds. The molecule has 1 saturated carbocycles. The van der Waals surface area contributed by atoms with Gasteiger partial charge in [-0.05, 0) is 56.5 Å². The topological polar surface area (TPSA) is 86.8 Å². The Bertz CT molecular complexity index is 1410. The molecule has 3 aromatic carbocycles. The molecule has 0 aromatic heterocycles. The Labute approximate surface area is 229 Å². The SMILES string of the molecule is Cc1ccccc1N(CC(=O)N(Cc1ccccc1F)[C@@H](C)C(=O)NC1CCCC1)S(=O)(=O)c1ccccc1. The number of carbonyl (C=O) groups excluding carboxylic acids is 2. The van der Waals surface area contributed by atoms with Crippen LogP contribution in [-0.2, 0) is 26.2 Å². The number of anilines is 1. The Morgan fingerprint density at radius 1 is 0.949 bits per heavy atom. The van der Waals surface area contributed by atoms with Crippen LogP contribution in [-0.4, -0.2) is 43.8 Å². The summed E-state index contributed by atoms with van der Waals surface area (Å²) in [5, 5.41) is 3.01. The van der Waals surface area contributed by atoms with E-state index in [0.29, 0.717) is 11.3 Å². The van der Waals surface area contributed by atoms with Gasteiger partial charge in [-0.25, -0.2) is 12.8 Å². The fourth-order valence-electron chi connectivity index (χ4n) is 4.86. The molecule has 206 valence electrons. The van der Waals surface area contributed by atoms with Gasteiger partial charge < -0.3 is 10.2 Å². The molecule has 3 aromatic rings. The standard InChI is InChI=1S/C30H34FN3O4S/c1-22-12-6-11-19-28(22)34(39(37,38)26-16-4-3-5-17-26)21-29(35)33(20-24-13-7-10-18-27(24)31)23(2)30(36)32-25-14-8-9-15-25/h3-7,10-13,16-19,23,25H,8-9,14-15,20-21H2,1-2H3,(H,32,36)/t23-/m0/s1. The molecule has 0 aliphatic heterocycles. The number of nitrogens with zero attached hydrogens (tertiary/aromatic N) is 2. The molecule has 1 atom stereocenters. The largest absolute Gasteiger partial charge is 0.352 e. The number of nitrogens with one attached hydrogen (secondary N) is 1. The Morgan fingerprint density at radius 2 is 1.56 bits per heavy atom. The summed E-state index contributed by atoms with van der Waals surface area (Å²) >= 11 is 0. The first kappa shape index (κ1) is 28.3. The summed E-state index contributed by atoms with van der Waals surface area (Å²) in [5.74, 6) is -1.47. The number of hydrogen-bond donors (Lipinski definition) is 1. The normalized spacial score (nSPS) is 14.5. The number of carbonyl (C=O) groups is 2. The van der Waals surface area contributed by atoms with Crippen molar-refractivity contribution in [3.05, 3.63) is 95.8 Å². The first-order valence-corrected chi connectivity index (χ1v) is 14.6. The third-order valence-electron chi connectivity index (χ3n) is 7.16. The van der Waals surface area contributed by atoms with E-state index in [2.05, 4.69) is 5.32 Å². The third-order valence-corrected chi connectivity index (χ3v) is 8.94. The van der Waals surface area contributed by atoms with Crippen molar-refractivity contribution in [2.45, 2.75) is 63.1 Å². The zero-order valence-corrected chi connectivity index (χ0v) is 23.0. The van der Waals surface area contributed by atoms with Crippen LogP contribution >= 0.6 is 0 Å². The van der Waals surface area contributed by atoms with E-state index in [1.165, 1.54) is 23.1 Å². The molecule has 1 fully saturated rings. The molecular formula is C30H34FN3O4S. The number of sulfonamides is 1. The van der Waals surface area contributed by atoms with Crippen LogP contribution in [0.25, 0.3) is 0 Å². The molecule has 0 unspecified atom stereocenters. The van der Waals surface area contributed by atoms with E-state index in [1.54, 1.807) is 74.5 Å². The molecule has 0 saturated heterocycles. The van der Waals surface area contributed by atoms with Gasteiger partial charge in [0.2, 0.25) is 11.8 Å². The molecule has 39 heavy (non-hydrogen) atoms. The van der Waals surface area contributed by atoms with E-state index in [-0.39, 0.29) is 29.0 Å². The predicted molar refractivity (Wildman–Crippen MR) is 149 cm³/mol. The summed E-state index contributed by atoms with van der Waals surface area (Å²) in [7, 11) is -4.14. The highest BCUT2D eigenvalue weighted by Gasteiger charge is 2.34. The lowest BCUT2D eigenvalue weighted by Crippen LogP contribution is -2.52. The highest BCUT2D eigenvalue weighted by atomic mass is 32.2. The number of benzene rings is 3. The fraction of sp³-hybridized carbons (Fsp3) is 0.333. The Kier molecular flexibility index (Phi) is 9.01. The Morgan fingerprint density at radius 3 is 2.23 bits per heavy atom. The van der Waals surface area contributed by atoms with Gasteiger partial charge >= 0.3 is 0 Å². The molecule has 0 bridgehead atoms. The predicted octanol–water partition coefficient (Wildman–Crippen LogP) is 4.81. The number of aryl methyl sites for hydroxylation is 1. The van der Waals surface area contributed by atoms with Gasteiger partial charge in [-0.15, -0.1) is 0 Å². The van der Waals surface area contributed by atoms with Crippen LogP contribution in [0.4, 0.5) is 10.1 Å². The minimum absolute atomic E-state index is 0.0345. The third kappa shape index (κ3) is 6.65. The molecule has 7 nitrogen and oxygen atoms in total. The maximum absolute atomic E-state index is 14.7. The van der Waals surface area contributed by atoms with Gasteiger partial charge in [-0.1, -0.05) is 67.4 Å². The molecule has 0 heterocycles. The number of para-hydroxylation sites is 1. The highest BCUT2D eigenvalue weighted by molar-refractivity contribution is 7.92. The number of halogens is 1. The quantitative estimate of drug-likeness (QED) is 0.392. The molecule has 1 N–H and O–H groups in total. The first-order chi connectivity index (χ1) is 18.7. The van der Waals surface area contributed by atoms with E-state index in [4.69, 9.17) is 0 Å². The van der Waals surface area contributed by atoms with Crippen molar-refractivity contribution in [1.82, 2.24) is 10.2 Å². The maximum atomic E-state index is 14.7. The summed E-state index contributed by atoms with van der Waals surface area (Å²) < 4.78 is 43.3. The van der Waals surface area contributed by atoms with E-state index in [9.17, 15) is 22.4 Å². The van der Waals surface area contributed by atoms with Gasteiger partial charge in [-0.2, -0.15) is 0 Å². The molecule has 1 aliphatic rings. The summed E-state index contributed by atoms with van der Waals surface area (Å²) in [6, 6.07) is 19.9. The Hall–Kier alpha value is -3.72. The zero-order valence-electron chi connectivity index (χ0n) is 22.2. The minimum Gasteiger partial charge on any atom is -0.352 e. The lowest BCUT2D eigenvalue weighted by molar-refractivity contribution is -0.139. The highest BCUT2D eigenvalue weighted by Crippen LogP contribution is 2.27. The van der Waals surface area contributed by atoms with Gasteiger partial charge in [-0.3, -0.25) is 13.9 Å². The van der Waals surface area contributed by atoms with Gasteiger partial charge in [0.05, 0.1) is 10.6 Å². The van der Waals surface area contributed by atoms with Crippen LogP contribution in [0.3, 0.4) is 0 Å². The van der Waals surface area contributed by atoms with Crippen LogP contribution in [0.15, 0.2) is 83.8 Å². The molecule has 0 radical (unpaired) electrons. The van der Waals surface area contributed by atoms with Crippen LogP contribution in [0, 0.1) is 12.7 Å². The zero-order chi connectivity index (χ0) is 28.0. The van der Waals surface area contributed by atoms with E-state index in [0.717, 1.165) is 30.0 Å². The first-order valence-electron chi connectivity index (χ1n) is 13.1. The molecule has 9 heteroatoms. The van der Waals surface area contributed by atoms with Crippen molar-refractivity contribution < 1.29 is 22.4 Å². The lowest BCUT2D eigenvalue weighted by atomic mass is 10.1.